The average molecular weight is 424 g/mol. The summed E-state index contributed by atoms with van der Waals surface area (Å²) in [4.78, 5) is 24.2. The Morgan fingerprint density at radius 1 is 1.16 bits per heavy atom. The number of pyridine rings is 1. The molecule has 0 spiro atoms. The van der Waals surface area contributed by atoms with E-state index in [0.717, 1.165) is 29.6 Å². The Balaban J connectivity index is 1.44. The molecule has 4 aromatic rings. The molecule has 9 heteroatoms. The van der Waals surface area contributed by atoms with Crippen molar-refractivity contribution in [3.63, 3.8) is 0 Å². The van der Waals surface area contributed by atoms with E-state index < -0.39 is 5.41 Å². The molecule has 2 aliphatic rings. The Hall–Kier alpha value is -4.06. The highest BCUT2D eigenvalue weighted by Crippen LogP contribution is 2.54. The first-order valence-corrected chi connectivity index (χ1v) is 10.6. The molecule has 1 saturated heterocycles. The molecule has 4 aromatic heterocycles. The Bertz CT molecular complexity index is 1380. The Kier molecular flexibility index (Phi) is 3.92. The smallest absolute Gasteiger partial charge is 0.249 e. The summed E-state index contributed by atoms with van der Waals surface area (Å²) in [5.74, 6) is 0.466. The summed E-state index contributed by atoms with van der Waals surface area (Å²) in [6, 6.07) is 8.00. The van der Waals surface area contributed by atoms with Crippen LogP contribution in [0.15, 0.2) is 55.4 Å². The maximum absolute atomic E-state index is 13.6. The number of anilines is 1. The molecule has 1 saturated carbocycles. The predicted octanol–water partition coefficient (Wildman–Crippen LogP) is 2.88. The maximum Gasteiger partial charge on any atom is 0.249 e. The normalized spacial score (nSPS) is 23.1. The van der Waals surface area contributed by atoms with Gasteiger partial charge in [-0.3, -0.25) is 14.7 Å². The minimum Gasteiger partial charge on any atom is -0.293 e. The zero-order valence-electron chi connectivity index (χ0n) is 17.5. The van der Waals surface area contributed by atoms with Gasteiger partial charge >= 0.3 is 0 Å². The van der Waals surface area contributed by atoms with E-state index in [0.29, 0.717) is 18.1 Å². The van der Waals surface area contributed by atoms with Gasteiger partial charge in [0.2, 0.25) is 5.91 Å². The highest BCUT2D eigenvalue weighted by molar-refractivity contribution is 6.04. The number of hydrogen-bond acceptors (Lipinski definition) is 6. The van der Waals surface area contributed by atoms with Crippen LogP contribution in [0.2, 0.25) is 0 Å². The number of carbonyl (C=O) groups excluding carboxylic acids is 1. The van der Waals surface area contributed by atoms with E-state index in [-0.39, 0.29) is 17.7 Å². The first-order valence-electron chi connectivity index (χ1n) is 10.6. The molecule has 5 heterocycles. The van der Waals surface area contributed by atoms with Gasteiger partial charge in [-0.05, 0) is 37.0 Å². The van der Waals surface area contributed by atoms with Crippen molar-refractivity contribution in [1.82, 2.24) is 29.4 Å². The van der Waals surface area contributed by atoms with Gasteiger partial charge in [0, 0.05) is 30.4 Å². The van der Waals surface area contributed by atoms with Gasteiger partial charge in [-0.15, -0.1) is 0 Å². The van der Waals surface area contributed by atoms with Gasteiger partial charge in [0.05, 0.1) is 42.2 Å². The first-order chi connectivity index (χ1) is 15.6. The van der Waals surface area contributed by atoms with Crippen molar-refractivity contribution < 1.29 is 4.79 Å². The number of nitrogens with zero attached hydrogens (tertiary/aromatic N) is 8. The summed E-state index contributed by atoms with van der Waals surface area (Å²) < 4.78 is 3.45. The molecule has 9 nitrogen and oxygen atoms in total. The van der Waals surface area contributed by atoms with Crippen molar-refractivity contribution in [3.05, 3.63) is 55.4 Å². The fourth-order valence-electron chi connectivity index (χ4n) is 4.82. The van der Waals surface area contributed by atoms with E-state index >= 15 is 0 Å². The lowest BCUT2D eigenvalue weighted by Crippen LogP contribution is -2.37. The number of hydrogen-bond donors (Lipinski definition) is 0. The molecule has 0 N–H and O–H groups in total. The highest BCUT2D eigenvalue weighted by Gasteiger charge is 2.61. The molecule has 158 valence electrons. The maximum atomic E-state index is 13.6. The van der Waals surface area contributed by atoms with Gasteiger partial charge in [-0.2, -0.15) is 15.5 Å². The molecule has 6 rings (SSSR count). The molecule has 1 amide bonds. The van der Waals surface area contributed by atoms with Crippen molar-refractivity contribution >= 4 is 17.2 Å². The summed E-state index contributed by atoms with van der Waals surface area (Å²) in [5.41, 5.74) is 2.05. The van der Waals surface area contributed by atoms with Gasteiger partial charge in [0.15, 0.2) is 5.82 Å². The third-order valence-corrected chi connectivity index (χ3v) is 6.65. The molecular formula is C23H20N8O. The van der Waals surface area contributed by atoms with Crippen LogP contribution in [0.5, 0.6) is 0 Å². The zero-order chi connectivity index (χ0) is 21.9. The molecule has 32 heavy (non-hydrogen) atoms. The molecule has 2 fully saturated rings. The van der Waals surface area contributed by atoms with Crippen LogP contribution in [0.1, 0.15) is 19.8 Å². The van der Waals surface area contributed by atoms with Crippen LogP contribution in [0, 0.1) is 28.6 Å². The van der Waals surface area contributed by atoms with Crippen LogP contribution in [0.3, 0.4) is 0 Å². The zero-order valence-corrected chi connectivity index (χ0v) is 17.5. The Labute approximate surface area is 183 Å². The van der Waals surface area contributed by atoms with Gasteiger partial charge in [-0.1, -0.05) is 6.92 Å². The van der Waals surface area contributed by atoms with Crippen LogP contribution < -0.4 is 4.90 Å². The van der Waals surface area contributed by atoms with E-state index in [9.17, 15) is 10.1 Å². The van der Waals surface area contributed by atoms with E-state index in [4.69, 9.17) is 4.98 Å². The number of amides is 1. The molecule has 0 aromatic carbocycles. The standard InChI is InChI=1S/C23H20N8O/c1-15-11-29(22(32)23(15,14-24)17-4-5-17)21-20-6-8-26-31(20)13-19(28-21)16-9-27-30(12-16)18-3-2-7-25-10-18/h2-3,6-10,12-13,15,17H,4-5,11H2,1H3/t15-,23+/m1/s1. The third kappa shape index (κ3) is 2.59. The van der Waals surface area contributed by atoms with Crippen molar-refractivity contribution in [3.8, 4) is 23.0 Å². The van der Waals surface area contributed by atoms with Crippen LogP contribution in [0.25, 0.3) is 22.5 Å². The summed E-state index contributed by atoms with van der Waals surface area (Å²) in [7, 11) is 0. The third-order valence-electron chi connectivity index (χ3n) is 6.65. The minimum absolute atomic E-state index is 0.0609. The fourth-order valence-corrected chi connectivity index (χ4v) is 4.82. The summed E-state index contributed by atoms with van der Waals surface area (Å²) in [6.07, 6.45) is 12.4. The van der Waals surface area contributed by atoms with Crippen molar-refractivity contribution in [2.45, 2.75) is 19.8 Å². The molecule has 0 radical (unpaired) electrons. The number of aromatic nitrogens is 6. The second-order valence-corrected chi connectivity index (χ2v) is 8.57. The molecule has 1 aliphatic carbocycles. The quantitative estimate of drug-likeness (QED) is 0.499. The van der Waals surface area contributed by atoms with E-state index in [2.05, 4.69) is 21.3 Å². The monoisotopic (exact) mass is 424 g/mol. The van der Waals surface area contributed by atoms with Gasteiger partial charge in [0.1, 0.15) is 10.9 Å². The fraction of sp³-hybridized carbons (Fsp3) is 0.304. The number of carbonyl (C=O) groups is 1. The Morgan fingerprint density at radius 2 is 2.03 bits per heavy atom. The van der Waals surface area contributed by atoms with Gasteiger partial charge in [0.25, 0.3) is 0 Å². The first kappa shape index (κ1) is 18.7. The molecule has 0 unspecified atom stereocenters. The molecule has 1 aliphatic heterocycles. The largest absolute Gasteiger partial charge is 0.293 e. The second kappa shape index (κ2) is 6.72. The summed E-state index contributed by atoms with van der Waals surface area (Å²) in [6.45, 7) is 2.46. The lowest BCUT2D eigenvalue weighted by Gasteiger charge is -2.23. The van der Waals surface area contributed by atoms with E-state index in [1.165, 1.54) is 0 Å². The van der Waals surface area contributed by atoms with E-state index in [1.807, 2.05) is 37.5 Å². The van der Waals surface area contributed by atoms with Crippen LogP contribution >= 0.6 is 0 Å². The molecule has 0 bridgehead atoms. The average Bonchev–Trinajstić information content (AvgIpc) is 3.26. The molecular weight excluding hydrogens is 404 g/mol. The van der Waals surface area contributed by atoms with Crippen LogP contribution in [-0.2, 0) is 4.79 Å². The summed E-state index contributed by atoms with van der Waals surface area (Å²) in [5, 5.41) is 18.8. The van der Waals surface area contributed by atoms with Crippen LogP contribution in [0.4, 0.5) is 5.82 Å². The lowest BCUT2D eigenvalue weighted by atomic mass is 9.75. The van der Waals surface area contributed by atoms with Gasteiger partial charge in [-0.25, -0.2) is 14.2 Å². The highest BCUT2D eigenvalue weighted by atomic mass is 16.2. The minimum atomic E-state index is -0.958. The van der Waals surface area contributed by atoms with Crippen LogP contribution in [-0.4, -0.2) is 41.8 Å². The van der Waals surface area contributed by atoms with E-state index in [1.54, 1.807) is 38.9 Å². The lowest BCUT2D eigenvalue weighted by molar-refractivity contribution is -0.124. The number of nitriles is 1. The van der Waals surface area contributed by atoms with Crippen molar-refractivity contribution in [1.29, 1.82) is 5.26 Å². The summed E-state index contributed by atoms with van der Waals surface area (Å²) >= 11 is 0. The number of rotatable bonds is 4. The number of fused-ring (bicyclic) bond motifs is 1. The SMILES string of the molecule is C[C@@H]1CN(c2nc(-c3cnn(-c4cccnc4)c3)cn3nccc23)C(=O)[C@]1(C#N)C1CC1. The van der Waals surface area contributed by atoms with Gasteiger partial charge < -0.3 is 0 Å². The topological polar surface area (TPSA) is 105 Å². The van der Waals surface area contributed by atoms with Crippen molar-refractivity contribution in [2.24, 2.45) is 17.3 Å². The predicted molar refractivity (Wildman–Crippen MR) is 116 cm³/mol. The van der Waals surface area contributed by atoms with Crippen molar-refractivity contribution in [2.75, 3.05) is 11.4 Å². The molecule has 2 atom stereocenters. The second-order valence-electron chi connectivity index (χ2n) is 8.57. The Morgan fingerprint density at radius 3 is 2.78 bits per heavy atom.